The first kappa shape index (κ1) is 21.9. The summed E-state index contributed by atoms with van der Waals surface area (Å²) in [6, 6.07) is 50.6. The van der Waals surface area contributed by atoms with Crippen molar-refractivity contribution in [2.75, 3.05) is 4.90 Å². The summed E-state index contributed by atoms with van der Waals surface area (Å²) in [4.78, 5) is 2.45. The highest BCUT2D eigenvalue weighted by Crippen LogP contribution is 2.47. The maximum absolute atomic E-state index is 2.45. The smallest absolute Gasteiger partial charge is 0.0546 e. The molecule has 0 saturated carbocycles. The number of anilines is 3. The fourth-order valence-electron chi connectivity index (χ4n) is 6.24. The molecular weight excluding hydrogens is 470 g/mol. The Bertz CT molecular complexity index is 2020. The standard InChI is InChI=1S/C38H25N/c1-2-12-26(13-3-1)34-24-29-25-37(31-17-7-9-19-33(31)38(29)32-18-8-6-16-30(32)34)39-35-20-10-4-14-27(35)22-23-28-15-5-11-21-36(28)39/h1-25H. The molecule has 0 aromatic heterocycles. The lowest BCUT2D eigenvalue weighted by Gasteiger charge is -2.29. The second-order valence-corrected chi connectivity index (χ2v) is 10.2. The Morgan fingerprint density at radius 1 is 0.385 bits per heavy atom. The van der Waals surface area contributed by atoms with E-state index in [0.717, 1.165) is 0 Å². The first-order valence-electron chi connectivity index (χ1n) is 13.5. The number of hydrogen-bond donors (Lipinski definition) is 0. The largest absolute Gasteiger partial charge is 0.309 e. The van der Waals surface area contributed by atoms with E-state index in [1.54, 1.807) is 0 Å². The molecule has 1 aliphatic heterocycles. The van der Waals surface area contributed by atoms with Gasteiger partial charge in [-0.15, -0.1) is 0 Å². The van der Waals surface area contributed by atoms with E-state index in [9.17, 15) is 0 Å². The van der Waals surface area contributed by atoms with Crippen molar-refractivity contribution in [2.24, 2.45) is 0 Å². The van der Waals surface area contributed by atoms with Crippen molar-refractivity contribution in [3.05, 3.63) is 151 Å². The average molecular weight is 496 g/mol. The van der Waals surface area contributed by atoms with Gasteiger partial charge in [0.2, 0.25) is 0 Å². The maximum atomic E-state index is 2.45. The summed E-state index contributed by atoms with van der Waals surface area (Å²) in [6.07, 6.45) is 4.47. The molecule has 0 amide bonds. The second kappa shape index (κ2) is 8.72. The molecule has 1 heterocycles. The van der Waals surface area contributed by atoms with Crippen LogP contribution in [0.25, 0.3) is 55.6 Å². The zero-order valence-corrected chi connectivity index (χ0v) is 21.4. The van der Waals surface area contributed by atoms with Crippen molar-refractivity contribution in [2.45, 2.75) is 0 Å². The Kier molecular flexibility index (Phi) is 4.89. The van der Waals surface area contributed by atoms with E-state index < -0.39 is 0 Å². The molecule has 0 bridgehead atoms. The monoisotopic (exact) mass is 495 g/mol. The normalized spacial score (nSPS) is 12.5. The van der Waals surface area contributed by atoms with Gasteiger partial charge in [0.25, 0.3) is 0 Å². The van der Waals surface area contributed by atoms with Crippen molar-refractivity contribution >= 4 is 61.5 Å². The lowest BCUT2D eigenvalue weighted by atomic mass is 9.90. The van der Waals surface area contributed by atoms with Crippen LogP contribution in [0.4, 0.5) is 17.1 Å². The molecule has 182 valence electrons. The first-order chi connectivity index (χ1) is 19.4. The number of hydrogen-bond acceptors (Lipinski definition) is 1. The molecule has 0 spiro atoms. The number of para-hydroxylation sites is 2. The summed E-state index contributed by atoms with van der Waals surface area (Å²) in [7, 11) is 0. The molecule has 39 heavy (non-hydrogen) atoms. The van der Waals surface area contributed by atoms with Crippen LogP contribution in [0.2, 0.25) is 0 Å². The molecule has 0 saturated heterocycles. The number of fused-ring (bicyclic) bond motifs is 7. The number of benzene rings is 7. The Morgan fingerprint density at radius 2 is 0.897 bits per heavy atom. The Morgan fingerprint density at radius 3 is 1.56 bits per heavy atom. The molecule has 0 radical (unpaired) electrons. The first-order valence-corrected chi connectivity index (χ1v) is 13.5. The summed E-state index contributed by atoms with van der Waals surface area (Å²) in [5.74, 6) is 0. The van der Waals surface area contributed by atoms with E-state index in [2.05, 4.69) is 157 Å². The van der Waals surface area contributed by atoms with Crippen molar-refractivity contribution in [1.82, 2.24) is 0 Å². The fourth-order valence-corrected chi connectivity index (χ4v) is 6.24. The van der Waals surface area contributed by atoms with Gasteiger partial charge in [-0.05, 0) is 73.5 Å². The van der Waals surface area contributed by atoms with Crippen LogP contribution in [-0.2, 0) is 0 Å². The van der Waals surface area contributed by atoms with Crippen molar-refractivity contribution in [3.8, 4) is 11.1 Å². The molecule has 1 aliphatic rings. The molecule has 7 aromatic carbocycles. The zero-order chi connectivity index (χ0) is 25.8. The Labute approximate surface area is 227 Å². The number of nitrogens with zero attached hydrogens (tertiary/aromatic N) is 1. The van der Waals surface area contributed by atoms with Gasteiger partial charge in [0.05, 0.1) is 17.1 Å². The van der Waals surface area contributed by atoms with Crippen LogP contribution in [0.15, 0.2) is 140 Å². The quantitative estimate of drug-likeness (QED) is 0.216. The maximum Gasteiger partial charge on any atom is 0.0546 e. The van der Waals surface area contributed by atoms with E-state index >= 15 is 0 Å². The van der Waals surface area contributed by atoms with Crippen LogP contribution in [0.1, 0.15) is 11.1 Å². The topological polar surface area (TPSA) is 3.24 Å². The molecule has 7 aromatic rings. The third-order valence-corrected chi connectivity index (χ3v) is 7.96. The summed E-state index contributed by atoms with van der Waals surface area (Å²) in [6.45, 7) is 0. The van der Waals surface area contributed by atoms with Crippen LogP contribution in [0, 0.1) is 0 Å². The highest BCUT2D eigenvalue weighted by Gasteiger charge is 2.23. The molecule has 1 nitrogen and oxygen atoms in total. The van der Waals surface area contributed by atoms with Gasteiger partial charge in [-0.25, -0.2) is 0 Å². The van der Waals surface area contributed by atoms with Crippen molar-refractivity contribution in [1.29, 1.82) is 0 Å². The Balaban J connectivity index is 1.53. The van der Waals surface area contributed by atoms with Gasteiger partial charge in [0.1, 0.15) is 0 Å². The molecule has 0 unspecified atom stereocenters. The van der Waals surface area contributed by atoms with Crippen LogP contribution < -0.4 is 4.90 Å². The highest BCUT2D eigenvalue weighted by atomic mass is 15.1. The van der Waals surface area contributed by atoms with Crippen LogP contribution in [-0.4, -0.2) is 0 Å². The van der Waals surface area contributed by atoms with E-state index in [4.69, 9.17) is 0 Å². The summed E-state index contributed by atoms with van der Waals surface area (Å²) in [5.41, 5.74) is 8.48. The minimum Gasteiger partial charge on any atom is -0.309 e. The zero-order valence-electron chi connectivity index (χ0n) is 21.4. The minimum absolute atomic E-state index is 1.19. The van der Waals surface area contributed by atoms with Crippen LogP contribution in [0.5, 0.6) is 0 Å². The third-order valence-electron chi connectivity index (χ3n) is 7.96. The lowest BCUT2D eigenvalue weighted by molar-refractivity contribution is 1.29. The third kappa shape index (κ3) is 3.41. The minimum atomic E-state index is 1.19. The Hall–Kier alpha value is -5.14. The van der Waals surface area contributed by atoms with E-state index in [1.165, 1.54) is 71.6 Å². The molecule has 0 atom stereocenters. The van der Waals surface area contributed by atoms with E-state index in [-0.39, 0.29) is 0 Å². The molecule has 0 fully saturated rings. The van der Waals surface area contributed by atoms with Gasteiger partial charge in [-0.3, -0.25) is 0 Å². The molecular formula is C38H25N. The molecule has 8 rings (SSSR count). The van der Waals surface area contributed by atoms with Gasteiger partial charge in [-0.1, -0.05) is 127 Å². The number of rotatable bonds is 2. The predicted octanol–water partition coefficient (Wildman–Crippen LogP) is 10.8. The summed E-state index contributed by atoms with van der Waals surface area (Å²) < 4.78 is 0. The predicted molar refractivity (Wildman–Crippen MR) is 168 cm³/mol. The summed E-state index contributed by atoms with van der Waals surface area (Å²) in [5, 5.41) is 7.63. The van der Waals surface area contributed by atoms with Gasteiger partial charge < -0.3 is 4.90 Å². The van der Waals surface area contributed by atoms with Gasteiger partial charge in [0.15, 0.2) is 0 Å². The second-order valence-electron chi connectivity index (χ2n) is 10.2. The molecule has 1 heteroatoms. The van der Waals surface area contributed by atoms with Crippen molar-refractivity contribution < 1.29 is 0 Å². The average Bonchev–Trinajstić information content (AvgIpc) is 3.17. The van der Waals surface area contributed by atoms with Gasteiger partial charge in [0, 0.05) is 5.39 Å². The fraction of sp³-hybridized carbons (Fsp3) is 0. The van der Waals surface area contributed by atoms with Gasteiger partial charge in [-0.2, -0.15) is 0 Å². The molecule has 0 N–H and O–H groups in total. The SMILES string of the molecule is C1=Cc2ccccc2N(c2cc3cc(-c4ccccc4)c4ccccc4c3c3ccccc23)c2ccccc21. The van der Waals surface area contributed by atoms with Crippen molar-refractivity contribution in [3.63, 3.8) is 0 Å². The lowest BCUT2D eigenvalue weighted by Crippen LogP contribution is -2.12. The van der Waals surface area contributed by atoms with Crippen LogP contribution in [0.3, 0.4) is 0 Å². The van der Waals surface area contributed by atoms with Crippen LogP contribution >= 0.6 is 0 Å². The summed E-state index contributed by atoms with van der Waals surface area (Å²) >= 11 is 0. The van der Waals surface area contributed by atoms with E-state index in [1.807, 2.05) is 0 Å². The molecule has 0 aliphatic carbocycles. The van der Waals surface area contributed by atoms with Gasteiger partial charge >= 0.3 is 0 Å². The van der Waals surface area contributed by atoms with E-state index in [0.29, 0.717) is 0 Å². The highest BCUT2D eigenvalue weighted by molar-refractivity contribution is 6.26.